The van der Waals surface area contributed by atoms with Crippen LogP contribution >= 0.6 is 0 Å². The molecule has 0 aliphatic carbocycles. The molecule has 1 saturated heterocycles. The van der Waals surface area contributed by atoms with E-state index in [0.717, 1.165) is 5.69 Å². The molecule has 1 aliphatic rings. The molecule has 1 aromatic rings. The number of nitrogens with zero attached hydrogens (tertiary/aromatic N) is 1. The Morgan fingerprint density at radius 2 is 2.22 bits per heavy atom. The largest absolute Gasteiger partial charge is 0.444 e. The summed E-state index contributed by atoms with van der Waals surface area (Å²) in [5.74, 6) is -0.0625. The van der Waals surface area contributed by atoms with Crippen molar-refractivity contribution in [2.75, 3.05) is 13.1 Å². The van der Waals surface area contributed by atoms with Gasteiger partial charge in [-0.15, -0.1) is 0 Å². The van der Waals surface area contributed by atoms with Gasteiger partial charge in [0.2, 0.25) is 0 Å². The third-order valence-corrected chi connectivity index (χ3v) is 2.96. The van der Waals surface area contributed by atoms with Gasteiger partial charge in [-0.05, 0) is 32.9 Å². The van der Waals surface area contributed by atoms with Crippen LogP contribution in [0.3, 0.4) is 0 Å². The minimum absolute atomic E-state index is 0.0625. The standard InChI is InChI=1S/C13H20N2O3/c1-13(2,3)18-12(17)15-7-9(11(16)8-15)10-5-4-6-14-10/h4-6,9,11,14,16H,7-8H2,1-3H3/t9-,11+/m0/s1. The molecule has 2 N–H and O–H groups in total. The lowest BCUT2D eigenvalue weighted by atomic mass is 10.0. The van der Waals surface area contributed by atoms with Crippen LogP contribution in [0.2, 0.25) is 0 Å². The normalized spacial score (nSPS) is 24.3. The minimum Gasteiger partial charge on any atom is -0.444 e. The molecule has 18 heavy (non-hydrogen) atoms. The lowest BCUT2D eigenvalue weighted by molar-refractivity contribution is 0.0270. The fourth-order valence-corrected chi connectivity index (χ4v) is 2.14. The summed E-state index contributed by atoms with van der Waals surface area (Å²) in [7, 11) is 0. The molecule has 100 valence electrons. The van der Waals surface area contributed by atoms with Crippen molar-refractivity contribution in [3.8, 4) is 0 Å². The number of β-amino-alcohol motifs (C(OH)–C–C–N with tert-alkyl or cyclic N) is 1. The van der Waals surface area contributed by atoms with Crippen LogP contribution in [0.1, 0.15) is 32.4 Å². The Kier molecular flexibility index (Phi) is 3.34. The molecule has 1 amide bonds. The first-order chi connectivity index (χ1) is 8.37. The molecule has 1 aromatic heterocycles. The number of likely N-dealkylation sites (tertiary alicyclic amines) is 1. The van der Waals surface area contributed by atoms with Gasteiger partial charge in [0.15, 0.2) is 0 Å². The quantitative estimate of drug-likeness (QED) is 0.799. The van der Waals surface area contributed by atoms with Gasteiger partial charge in [0.05, 0.1) is 12.6 Å². The Morgan fingerprint density at radius 3 is 2.78 bits per heavy atom. The third-order valence-electron chi connectivity index (χ3n) is 2.96. The van der Waals surface area contributed by atoms with Crippen molar-refractivity contribution in [3.63, 3.8) is 0 Å². The van der Waals surface area contributed by atoms with Gasteiger partial charge in [0, 0.05) is 24.4 Å². The first-order valence-electron chi connectivity index (χ1n) is 6.16. The van der Waals surface area contributed by atoms with Crippen molar-refractivity contribution in [2.45, 2.75) is 38.4 Å². The maximum atomic E-state index is 11.9. The highest BCUT2D eigenvalue weighted by Gasteiger charge is 2.37. The Hall–Kier alpha value is -1.49. The molecular formula is C13H20N2O3. The lowest BCUT2D eigenvalue weighted by Crippen LogP contribution is -2.35. The summed E-state index contributed by atoms with van der Waals surface area (Å²) in [6.07, 6.45) is 0.907. The summed E-state index contributed by atoms with van der Waals surface area (Å²) < 4.78 is 5.30. The second-order valence-corrected chi connectivity index (χ2v) is 5.68. The highest BCUT2D eigenvalue weighted by atomic mass is 16.6. The molecule has 0 saturated carbocycles. The summed E-state index contributed by atoms with van der Waals surface area (Å²) in [5.41, 5.74) is 0.445. The summed E-state index contributed by atoms with van der Waals surface area (Å²) in [6.45, 7) is 6.30. The Morgan fingerprint density at radius 1 is 1.50 bits per heavy atom. The second kappa shape index (κ2) is 4.65. The van der Waals surface area contributed by atoms with Crippen molar-refractivity contribution in [2.24, 2.45) is 0 Å². The van der Waals surface area contributed by atoms with Gasteiger partial charge >= 0.3 is 6.09 Å². The topological polar surface area (TPSA) is 65.6 Å². The third kappa shape index (κ3) is 2.85. The number of hydrogen-bond acceptors (Lipinski definition) is 3. The average molecular weight is 252 g/mol. The van der Waals surface area contributed by atoms with Crippen molar-refractivity contribution in [1.29, 1.82) is 0 Å². The van der Waals surface area contributed by atoms with Gasteiger partial charge in [0.25, 0.3) is 0 Å². The zero-order valence-corrected chi connectivity index (χ0v) is 11.0. The fourth-order valence-electron chi connectivity index (χ4n) is 2.14. The molecule has 0 unspecified atom stereocenters. The van der Waals surface area contributed by atoms with E-state index in [4.69, 9.17) is 4.74 Å². The Balaban J connectivity index is 2.00. The van der Waals surface area contributed by atoms with E-state index in [2.05, 4.69) is 4.98 Å². The van der Waals surface area contributed by atoms with E-state index in [0.29, 0.717) is 13.1 Å². The van der Waals surface area contributed by atoms with Gasteiger partial charge < -0.3 is 19.7 Å². The molecule has 0 aromatic carbocycles. The van der Waals surface area contributed by atoms with Gasteiger partial charge in [0.1, 0.15) is 5.60 Å². The zero-order valence-electron chi connectivity index (χ0n) is 11.0. The van der Waals surface area contributed by atoms with Gasteiger partial charge in [-0.25, -0.2) is 4.79 Å². The number of hydrogen-bond donors (Lipinski definition) is 2. The number of aromatic nitrogens is 1. The second-order valence-electron chi connectivity index (χ2n) is 5.68. The Bertz CT molecular complexity index is 408. The summed E-state index contributed by atoms with van der Waals surface area (Å²) in [4.78, 5) is 16.5. The average Bonchev–Trinajstić information content (AvgIpc) is 2.82. The van der Waals surface area contributed by atoms with Crippen LogP contribution in [-0.2, 0) is 4.74 Å². The minimum atomic E-state index is -0.545. The van der Waals surface area contributed by atoms with E-state index in [1.54, 1.807) is 4.90 Å². The summed E-state index contributed by atoms with van der Waals surface area (Å²) >= 11 is 0. The first-order valence-corrected chi connectivity index (χ1v) is 6.16. The molecular weight excluding hydrogens is 232 g/mol. The molecule has 2 rings (SSSR count). The first kappa shape index (κ1) is 13.0. The van der Waals surface area contributed by atoms with Crippen LogP contribution in [-0.4, -0.2) is 45.9 Å². The van der Waals surface area contributed by atoms with Crippen LogP contribution in [0.4, 0.5) is 4.79 Å². The maximum Gasteiger partial charge on any atom is 0.410 e. The number of nitrogens with one attached hydrogen (secondary N) is 1. The van der Waals surface area contributed by atoms with Crippen LogP contribution < -0.4 is 0 Å². The van der Waals surface area contributed by atoms with Crippen LogP contribution in [0, 0.1) is 0 Å². The predicted octanol–water partition coefficient (Wildman–Crippen LogP) is 1.71. The van der Waals surface area contributed by atoms with Crippen LogP contribution in [0.15, 0.2) is 18.3 Å². The SMILES string of the molecule is CC(C)(C)OC(=O)N1C[C@@H](O)[C@H](c2ccc[nH]2)C1. The Labute approximate surface area is 107 Å². The van der Waals surface area contributed by atoms with Crippen molar-refractivity contribution < 1.29 is 14.6 Å². The highest BCUT2D eigenvalue weighted by Crippen LogP contribution is 2.27. The van der Waals surface area contributed by atoms with Crippen molar-refractivity contribution in [3.05, 3.63) is 24.0 Å². The van der Waals surface area contributed by atoms with Gasteiger partial charge in [-0.2, -0.15) is 0 Å². The zero-order chi connectivity index (χ0) is 13.3. The van der Waals surface area contributed by atoms with E-state index in [9.17, 15) is 9.90 Å². The number of carbonyl (C=O) groups is 1. The van der Waals surface area contributed by atoms with E-state index in [1.165, 1.54) is 0 Å². The van der Waals surface area contributed by atoms with Crippen molar-refractivity contribution in [1.82, 2.24) is 9.88 Å². The summed E-state index contributed by atoms with van der Waals surface area (Å²) in [6, 6.07) is 3.81. The lowest BCUT2D eigenvalue weighted by Gasteiger charge is -2.24. The van der Waals surface area contributed by atoms with E-state index in [-0.39, 0.29) is 12.0 Å². The molecule has 2 atom stereocenters. The molecule has 1 fully saturated rings. The molecule has 2 heterocycles. The van der Waals surface area contributed by atoms with Gasteiger partial charge in [-0.3, -0.25) is 0 Å². The van der Waals surface area contributed by atoms with Crippen molar-refractivity contribution >= 4 is 6.09 Å². The van der Waals surface area contributed by atoms with E-state index in [1.807, 2.05) is 39.1 Å². The highest BCUT2D eigenvalue weighted by molar-refractivity contribution is 5.68. The fraction of sp³-hybridized carbons (Fsp3) is 0.615. The number of H-pyrrole nitrogens is 1. The van der Waals surface area contributed by atoms with Crippen LogP contribution in [0.25, 0.3) is 0 Å². The number of ether oxygens (including phenoxy) is 1. The predicted molar refractivity (Wildman–Crippen MR) is 67.3 cm³/mol. The monoisotopic (exact) mass is 252 g/mol. The number of aromatic amines is 1. The van der Waals surface area contributed by atoms with Gasteiger partial charge in [-0.1, -0.05) is 0 Å². The molecule has 0 radical (unpaired) electrons. The summed E-state index contributed by atoms with van der Waals surface area (Å²) in [5, 5.41) is 10.0. The number of rotatable bonds is 1. The maximum absolute atomic E-state index is 11.9. The molecule has 5 nitrogen and oxygen atoms in total. The number of carbonyl (C=O) groups excluding carboxylic acids is 1. The number of amides is 1. The number of aliphatic hydroxyl groups excluding tert-OH is 1. The molecule has 0 spiro atoms. The number of aliphatic hydroxyl groups is 1. The smallest absolute Gasteiger partial charge is 0.410 e. The molecule has 0 bridgehead atoms. The molecule has 5 heteroatoms. The van der Waals surface area contributed by atoms with E-state index >= 15 is 0 Å². The van der Waals surface area contributed by atoms with E-state index < -0.39 is 11.7 Å². The van der Waals surface area contributed by atoms with Crippen LogP contribution in [0.5, 0.6) is 0 Å². The molecule has 1 aliphatic heterocycles.